The van der Waals surface area contributed by atoms with Gasteiger partial charge in [-0.1, -0.05) is 6.42 Å². The molecule has 2 amide bonds. The van der Waals surface area contributed by atoms with Crippen LogP contribution in [0.25, 0.3) is 0 Å². The average molecular weight is 256 g/mol. The molecule has 0 aromatic rings. The number of rotatable bonds is 2. The minimum absolute atomic E-state index is 0.258. The molecule has 3 atom stereocenters. The summed E-state index contributed by atoms with van der Waals surface area (Å²) >= 11 is 0. The molecule has 2 rings (SSSR count). The van der Waals surface area contributed by atoms with Gasteiger partial charge in [-0.3, -0.25) is 4.79 Å². The first-order chi connectivity index (χ1) is 8.43. The fourth-order valence-corrected chi connectivity index (χ4v) is 2.82. The number of amides is 2. The largest absolute Gasteiger partial charge is 0.481 e. The zero-order valence-electron chi connectivity index (χ0n) is 10.6. The van der Waals surface area contributed by atoms with Gasteiger partial charge < -0.3 is 20.4 Å². The van der Waals surface area contributed by atoms with Crippen molar-refractivity contribution < 1.29 is 19.8 Å². The number of aliphatic carboxylic acids is 1. The van der Waals surface area contributed by atoms with E-state index < -0.39 is 17.5 Å². The number of nitrogens with one attached hydrogen (secondary N) is 1. The van der Waals surface area contributed by atoms with Crippen LogP contribution >= 0.6 is 0 Å². The molecule has 1 heterocycles. The summed E-state index contributed by atoms with van der Waals surface area (Å²) in [7, 11) is 0. The third-order valence-corrected chi connectivity index (χ3v) is 4.19. The van der Waals surface area contributed by atoms with Crippen LogP contribution in [0.3, 0.4) is 0 Å². The molecule has 18 heavy (non-hydrogen) atoms. The fourth-order valence-electron chi connectivity index (χ4n) is 2.82. The molecule has 2 aliphatic rings. The summed E-state index contributed by atoms with van der Waals surface area (Å²) in [4.78, 5) is 24.8. The van der Waals surface area contributed by atoms with Crippen molar-refractivity contribution in [1.29, 1.82) is 0 Å². The number of aliphatic hydroxyl groups excluding tert-OH is 1. The first-order valence-corrected chi connectivity index (χ1v) is 6.40. The van der Waals surface area contributed by atoms with Gasteiger partial charge in [0, 0.05) is 19.1 Å². The molecule has 1 saturated carbocycles. The van der Waals surface area contributed by atoms with Crippen LogP contribution in [-0.2, 0) is 4.79 Å². The SMILES string of the molecule is CC1(C(=O)O)CCCC1NC(=O)N1CCC(O)C1. The van der Waals surface area contributed by atoms with E-state index in [1.807, 2.05) is 0 Å². The van der Waals surface area contributed by atoms with Gasteiger partial charge in [0.15, 0.2) is 0 Å². The van der Waals surface area contributed by atoms with Gasteiger partial charge in [-0.2, -0.15) is 0 Å². The monoisotopic (exact) mass is 256 g/mol. The van der Waals surface area contributed by atoms with Gasteiger partial charge in [-0.25, -0.2) is 4.79 Å². The van der Waals surface area contributed by atoms with E-state index in [0.29, 0.717) is 32.4 Å². The lowest BCUT2D eigenvalue weighted by Gasteiger charge is -2.29. The lowest BCUT2D eigenvalue weighted by molar-refractivity contribution is -0.148. The Morgan fingerprint density at radius 1 is 1.39 bits per heavy atom. The van der Waals surface area contributed by atoms with Crippen molar-refractivity contribution in [1.82, 2.24) is 10.2 Å². The summed E-state index contributed by atoms with van der Waals surface area (Å²) in [5.41, 5.74) is -0.867. The Balaban J connectivity index is 1.96. The number of likely N-dealkylation sites (tertiary alicyclic amines) is 1. The molecule has 6 nitrogen and oxygen atoms in total. The molecule has 3 N–H and O–H groups in total. The Morgan fingerprint density at radius 2 is 2.11 bits per heavy atom. The molecule has 2 fully saturated rings. The van der Waals surface area contributed by atoms with E-state index in [4.69, 9.17) is 0 Å². The van der Waals surface area contributed by atoms with Crippen molar-refractivity contribution >= 4 is 12.0 Å². The summed E-state index contributed by atoms with van der Waals surface area (Å²) < 4.78 is 0. The summed E-state index contributed by atoms with van der Waals surface area (Å²) in [6.07, 6.45) is 2.25. The number of carboxylic acid groups (broad SMARTS) is 1. The van der Waals surface area contributed by atoms with Crippen molar-refractivity contribution in [3.05, 3.63) is 0 Å². The van der Waals surface area contributed by atoms with Crippen LogP contribution in [0.15, 0.2) is 0 Å². The number of nitrogens with zero attached hydrogens (tertiary/aromatic N) is 1. The molecule has 3 unspecified atom stereocenters. The topological polar surface area (TPSA) is 89.9 Å². The zero-order chi connectivity index (χ0) is 13.3. The highest BCUT2D eigenvalue weighted by Gasteiger charge is 2.46. The maximum absolute atomic E-state index is 12.0. The van der Waals surface area contributed by atoms with Gasteiger partial charge in [-0.05, 0) is 26.2 Å². The van der Waals surface area contributed by atoms with Crippen LogP contribution in [0.1, 0.15) is 32.6 Å². The van der Waals surface area contributed by atoms with Crippen molar-refractivity contribution in [3.63, 3.8) is 0 Å². The highest BCUT2D eigenvalue weighted by atomic mass is 16.4. The summed E-state index contributed by atoms with van der Waals surface area (Å²) in [5, 5.41) is 21.5. The molecule has 0 aromatic heterocycles. The second kappa shape index (κ2) is 4.76. The lowest BCUT2D eigenvalue weighted by Crippen LogP contribution is -2.51. The number of hydrogen-bond acceptors (Lipinski definition) is 3. The number of carboxylic acids is 1. The average Bonchev–Trinajstić information content (AvgIpc) is 2.87. The second-order valence-corrected chi connectivity index (χ2v) is 5.51. The number of urea groups is 1. The van der Waals surface area contributed by atoms with E-state index in [1.165, 1.54) is 0 Å². The van der Waals surface area contributed by atoms with E-state index in [9.17, 15) is 19.8 Å². The highest BCUT2D eigenvalue weighted by Crippen LogP contribution is 2.38. The highest BCUT2D eigenvalue weighted by molar-refractivity contribution is 5.79. The number of hydrogen-bond donors (Lipinski definition) is 3. The van der Waals surface area contributed by atoms with Crippen LogP contribution in [0, 0.1) is 5.41 Å². The van der Waals surface area contributed by atoms with Crippen LogP contribution in [0.2, 0.25) is 0 Å². The van der Waals surface area contributed by atoms with E-state index in [1.54, 1.807) is 11.8 Å². The minimum Gasteiger partial charge on any atom is -0.481 e. The van der Waals surface area contributed by atoms with Gasteiger partial charge in [0.05, 0.1) is 11.5 Å². The smallest absolute Gasteiger partial charge is 0.317 e. The Kier molecular flexibility index (Phi) is 3.47. The van der Waals surface area contributed by atoms with Crippen molar-refractivity contribution in [2.45, 2.75) is 44.8 Å². The first kappa shape index (κ1) is 13.1. The Hall–Kier alpha value is -1.30. The van der Waals surface area contributed by atoms with Gasteiger partial charge in [0.1, 0.15) is 0 Å². The number of carbonyl (C=O) groups excluding carboxylic acids is 1. The molecule has 1 aliphatic carbocycles. The summed E-state index contributed by atoms with van der Waals surface area (Å²) in [5.74, 6) is -0.855. The number of carbonyl (C=O) groups is 2. The summed E-state index contributed by atoms with van der Waals surface area (Å²) in [6.45, 7) is 2.55. The fraction of sp³-hybridized carbons (Fsp3) is 0.833. The standard InChI is InChI=1S/C12H20N2O4/c1-12(10(16)17)5-2-3-9(12)13-11(18)14-6-4-8(15)7-14/h8-9,15H,2-7H2,1H3,(H,13,18)(H,16,17). The maximum atomic E-state index is 12.0. The second-order valence-electron chi connectivity index (χ2n) is 5.51. The normalized spacial score (nSPS) is 35.8. The van der Waals surface area contributed by atoms with Crippen molar-refractivity contribution in [2.75, 3.05) is 13.1 Å². The van der Waals surface area contributed by atoms with Crippen LogP contribution in [0.4, 0.5) is 4.79 Å². The summed E-state index contributed by atoms with van der Waals surface area (Å²) in [6, 6.07) is -0.578. The minimum atomic E-state index is -0.867. The third kappa shape index (κ3) is 2.29. The molecule has 0 aromatic carbocycles. The molecular formula is C12H20N2O4. The molecule has 0 radical (unpaired) electrons. The molecule has 0 spiro atoms. The van der Waals surface area contributed by atoms with Crippen molar-refractivity contribution in [2.24, 2.45) is 5.41 Å². The van der Waals surface area contributed by atoms with Crippen LogP contribution in [-0.4, -0.2) is 52.3 Å². The number of aliphatic hydroxyl groups is 1. The molecule has 0 bridgehead atoms. The van der Waals surface area contributed by atoms with Gasteiger partial charge in [0.25, 0.3) is 0 Å². The van der Waals surface area contributed by atoms with E-state index >= 15 is 0 Å². The van der Waals surface area contributed by atoms with Crippen LogP contribution < -0.4 is 5.32 Å². The van der Waals surface area contributed by atoms with E-state index in [2.05, 4.69) is 5.32 Å². The zero-order valence-corrected chi connectivity index (χ0v) is 10.6. The van der Waals surface area contributed by atoms with Gasteiger partial charge in [0.2, 0.25) is 0 Å². The molecular weight excluding hydrogens is 236 g/mol. The molecule has 1 saturated heterocycles. The number of β-amino-alcohol motifs (C(OH)–C–C–N with tert-alkyl or cyclic N) is 1. The van der Waals surface area contributed by atoms with Crippen LogP contribution in [0.5, 0.6) is 0 Å². The van der Waals surface area contributed by atoms with Gasteiger partial charge in [-0.15, -0.1) is 0 Å². The first-order valence-electron chi connectivity index (χ1n) is 6.40. The maximum Gasteiger partial charge on any atom is 0.317 e. The predicted molar refractivity (Wildman–Crippen MR) is 64.1 cm³/mol. The van der Waals surface area contributed by atoms with E-state index in [-0.39, 0.29) is 12.1 Å². The third-order valence-electron chi connectivity index (χ3n) is 4.19. The predicted octanol–water partition coefficient (Wildman–Crippen LogP) is 0.406. The molecule has 1 aliphatic heterocycles. The quantitative estimate of drug-likeness (QED) is 0.667. The van der Waals surface area contributed by atoms with Gasteiger partial charge >= 0.3 is 12.0 Å². The van der Waals surface area contributed by atoms with Crippen molar-refractivity contribution in [3.8, 4) is 0 Å². The Bertz CT molecular complexity index is 360. The lowest BCUT2D eigenvalue weighted by atomic mass is 9.85. The molecule has 6 heteroatoms. The van der Waals surface area contributed by atoms with E-state index in [0.717, 1.165) is 6.42 Å². The molecule has 102 valence electrons. The Morgan fingerprint density at radius 3 is 2.67 bits per heavy atom. The Labute approximate surface area is 106 Å².